The van der Waals surface area contributed by atoms with Crippen LogP contribution in [0.5, 0.6) is 5.75 Å². The molecule has 1 unspecified atom stereocenters. The lowest BCUT2D eigenvalue weighted by Crippen LogP contribution is -2.33. The van der Waals surface area contributed by atoms with Gasteiger partial charge in [-0.15, -0.1) is 0 Å². The summed E-state index contributed by atoms with van der Waals surface area (Å²) < 4.78 is 54.0. The van der Waals surface area contributed by atoms with Gasteiger partial charge in [-0.3, -0.25) is 4.90 Å². The van der Waals surface area contributed by atoms with Crippen LogP contribution in [0, 0.1) is 6.42 Å². The van der Waals surface area contributed by atoms with Crippen molar-refractivity contribution in [3.8, 4) is 5.75 Å². The predicted molar refractivity (Wildman–Crippen MR) is 99.3 cm³/mol. The second-order valence-corrected chi connectivity index (χ2v) is 8.64. The van der Waals surface area contributed by atoms with Gasteiger partial charge in [0.1, 0.15) is 5.75 Å². The fraction of sp³-hybridized carbons (Fsp3) is 0.350. The summed E-state index contributed by atoms with van der Waals surface area (Å²) in [6.45, 7) is -1.86. The minimum Gasteiger partial charge on any atom is -0.434 e. The van der Waals surface area contributed by atoms with Crippen LogP contribution in [-0.4, -0.2) is 32.7 Å². The number of ether oxygens (including phenoxy) is 1. The molecule has 1 atom stereocenters. The highest BCUT2D eigenvalue weighted by Crippen LogP contribution is 2.34. The third kappa shape index (κ3) is 5.05. The molecule has 1 radical (unpaired) electrons. The Labute approximate surface area is 158 Å². The molecule has 2 aromatic carbocycles. The Hall–Kier alpha value is -1.99. The molecule has 27 heavy (non-hydrogen) atoms. The number of sulfone groups is 1. The van der Waals surface area contributed by atoms with Crippen molar-refractivity contribution in [2.24, 2.45) is 0 Å². The van der Waals surface area contributed by atoms with E-state index in [2.05, 4.69) is 16.1 Å². The number of hydrogen-bond donors (Lipinski definition) is 0. The second-order valence-electron chi connectivity index (χ2n) is 6.62. The zero-order chi connectivity index (χ0) is 19.4. The number of alkyl halides is 2. The van der Waals surface area contributed by atoms with E-state index in [9.17, 15) is 17.2 Å². The zero-order valence-corrected chi connectivity index (χ0v) is 15.8. The fourth-order valence-corrected chi connectivity index (χ4v) is 4.04. The fourth-order valence-electron chi connectivity index (χ4n) is 3.37. The molecular weight excluding hydrogens is 372 g/mol. The molecule has 0 N–H and O–H groups in total. The summed E-state index contributed by atoms with van der Waals surface area (Å²) in [5.41, 5.74) is 1.56. The molecule has 0 bridgehead atoms. The lowest BCUT2D eigenvalue weighted by Gasteiger charge is -2.36. The first-order valence-corrected chi connectivity index (χ1v) is 10.6. The van der Waals surface area contributed by atoms with Gasteiger partial charge in [0.15, 0.2) is 9.84 Å². The standard InChI is InChI=1S/C20H22F2NO3S/c1-27(24,25)17-10-11-19(26-20(21)22)16(13-17)14-23-12-6-5-9-18(23)15-7-3-2-4-8-15/h2-4,7-11,13,18,20H,5-6,12,14H2,1H3. The van der Waals surface area contributed by atoms with Gasteiger partial charge < -0.3 is 4.74 Å². The van der Waals surface area contributed by atoms with Crippen LogP contribution >= 0.6 is 0 Å². The highest BCUT2D eigenvalue weighted by atomic mass is 32.2. The molecule has 1 heterocycles. The monoisotopic (exact) mass is 394 g/mol. The Bertz CT molecular complexity index is 872. The summed E-state index contributed by atoms with van der Waals surface area (Å²) in [7, 11) is -3.45. The van der Waals surface area contributed by atoms with Crippen LogP contribution in [-0.2, 0) is 16.4 Å². The van der Waals surface area contributed by atoms with Crippen LogP contribution in [0.2, 0.25) is 0 Å². The molecule has 145 valence electrons. The van der Waals surface area contributed by atoms with Crippen LogP contribution in [0.1, 0.15) is 30.0 Å². The van der Waals surface area contributed by atoms with E-state index >= 15 is 0 Å². The molecular formula is C20H22F2NO3S. The number of piperidine rings is 1. The van der Waals surface area contributed by atoms with E-state index in [1.165, 1.54) is 18.2 Å². The van der Waals surface area contributed by atoms with E-state index < -0.39 is 16.4 Å². The van der Waals surface area contributed by atoms with Crippen molar-refractivity contribution < 1.29 is 21.9 Å². The first-order valence-electron chi connectivity index (χ1n) is 8.75. The van der Waals surface area contributed by atoms with Gasteiger partial charge in [0.05, 0.1) is 4.90 Å². The maximum absolute atomic E-state index is 12.8. The Balaban J connectivity index is 1.93. The molecule has 0 aromatic heterocycles. The molecule has 7 heteroatoms. The molecule has 2 aromatic rings. The topological polar surface area (TPSA) is 46.6 Å². The van der Waals surface area contributed by atoms with Crippen molar-refractivity contribution in [1.29, 1.82) is 0 Å². The van der Waals surface area contributed by atoms with E-state index in [1.807, 2.05) is 30.3 Å². The molecule has 0 saturated carbocycles. The number of benzene rings is 2. The summed E-state index contributed by atoms with van der Waals surface area (Å²) in [6.07, 6.45) is 5.23. The summed E-state index contributed by atoms with van der Waals surface area (Å²) in [4.78, 5) is 2.25. The van der Waals surface area contributed by atoms with Gasteiger partial charge in [-0.25, -0.2) is 8.42 Å². The molecule has 0 amide bonds. The van der Waals surface area contributed by atoms with Crippen molar-refractivity contribution in [2.75, 3.05) is 12.8 Å². The van der Waals surface area contributed by atoms with Crippen LogP contribution < -0.4 is 4.74 Å². The normalized spacial score (nSPS) is 18.6. The summed E-state index contributed by atoms with van der Waals surface area (Å²) in [5, 5.41) is 0. The molecule has 1 saturated heterocycles. The van der Waals surface area contributed by atoms with Gasteiger partial charge >= 0.3 is 6.61 Å². The van der Waals surface area contributed by atoms with Crippen LogP contribution in [0.4, 0.5) is 8.78 Å². The molecule has 4 nitrogen and oxygen atoms in total. The third-order valence-corrected chi connectivity index (χ3v) is 5.73. The molecule has 0 spiro atoms. The molecule has 1 aliphatic rings. The van der Waals surface area contributed by atoms with Gasteiger partial charge in [0, 0.05) is 24.4 Å². The van der Waals surface area contributed by atoms with Gasteiger partial charge in [-0.05, 0) is 49.6 Å². The highest BCUT2D eigenvalue weighted by molar-refractivity contribution is 7.90. The Morgan fingerprint density at radius 1 is 1.19 bits per heavy atom. The molecule has 1 aliphatic heterocycles. The lowest BCUT2D eigenvalue weighted by atomic mass is 9.94. The molecule has 3 rings (SSSR count). The van der Waals surface area contributed by atoms with Crippen LogP contribution in [0.3, 0.4) is 0 Å². The van der Waals surface area contributed by atoms with Gasteiger partial charge in [-0.2, -0.15) is 8.78 Å². The average molecular weight is 394 g/mol. The van der Waals surface area contributed by atoms with Crippen molar-refractivity contribution in [3.63, 3.8) is 0 Å². The van der Waals surface area contributed by atoms with Crippen molar-refractivity contribution in [2.45, 2.75) is 36.9 Å². The van der Waals surface area contributed by atoms with Gasteiger partial charge in [0.2, 0.25) is 0 Å². The largest absolute Gasteiger partial charge is 0.434 e. The maximum atomic E-state index is 12.8. The Morgan fingerprint density at radius 2 is 1.93 bits per heavy atom. The van der Waals surface area contributed by atoms with E-state index in [4.69, 9.17) is 0 Å². The predicted octanol–water partition coefficient (Wildman–Crippen LogP) is 4.23. The third-order valence-electron chi connectivity index (χ3n) is 4.62. The summed E-state index contributed by atoms with van der Waals surface area (Å²) >= 11 is 0. The van der Waals surface area contributed by atoms with Gasteiger partial charge in [0.25, 0.3) is 0 Å². The SMILES string of the molecule is CS(=O)(=O)c1ccc(OC(F)F)c(CN2CCC[CH]C2c2ccccc2)c1. The number of likely N-dealkylation sites (tertiary alicyclic amines) is 1. The Morgan fingerprint density at radius 3 is 2.59 bits per heavy atom. The van der Waals surface area contributed by atoms with E-state index in [1.54, 1.807) is 0 Å². The Kier molecular flexibility index (Phi) is 6.11. The number of rotatable bonds is 6. The average Bonchev–Trinajstić information content (AvgIpc) is 2.63. The second kappa shape index (κ2) is 8.35. The number of nitrogens with zero attached hydrogens (tertiary/aromatic N) is 1. The summed E-state index contributed by atoms with van der Waals surface area (Å²) in [5.74, 6) is 0.00906. The van der Waals surface area contributed by atoms with E-state index in [0.29, 0.717) is 12.1 Å². The summed E-state index contributed by atoms with van der Waals surface area (Å²) in [6, 6.07) is 14.0. The number of halogens is 2. The van der Waals surface area contributed by atoms with E-state index in [0.717, 1.165) is 31.2 Å². The number of hydrogen-bond acceptors (Lipinski definition) is 4. The quantitative estimate of drug-likeness (QED) is 0.736. The minimum atomic E-state index is -3.45. The first-order chi connectivity index (χ1) is 12.8. The molecule has 1 fully saturated rings. The first kappa shape index (κ1) is 19.8. The highest BCUT2D eigenvalue weighted by Gasteiger charge is 2.26. The van der Waals surface area contributed by atoms with Gasteiger partial charge in [-0.1, -0.05) is 30.3 Å². The molecule has 0 aliphatic carbocycles. The minimum absolute atomic E-state index is 0.00906. The van der Waals surface area contributed by atoms with Crippen molar-refractivity contribution >= 4 is 9.84 Å². The zero-order valence-electron chi connectivity index (χ0n) is 15.0. The maximum Gasteiger partial charge on any atom is 0.387 e. The van der Waals surface area contributed by atoms with E-state index in [-0.39, 0.29) is 16.7 Å². The lowest BCUT2D eigenvalue weighted by molar-refractivity contribution is -0.0509. The smallest absolute Gasteiger partial charge is 0.387 e. The van der Waals surface area contributed by atoms with Crippen molar-refractivity contribution in [1.82, 2.24) is 4.90 Å². The van der Waals surface area contributed by atoms with Crippen molar-refractivity contribution in [3.05, 3.63) is 66.1 Å². The van der Waals surface area contributed by atoms with Crippen LogP contribution in [0.15, 0.2) is 53.4 Å². The van der Waals surface area contributed by atoms with Crippen LogP contribution in [0.25, 0.3) is 0 Å².